The number of rotatable bonds is 8. The highest BCUT2D eigenvalue weighted by molar-refractivity contribution is 6.46. The molecule has 1 N–H and O–H groups in total. The number of pyridine rings is 1. The first kappa shape index (κ1) is 22.8. The molecule has 0 saturated carbocycles. The molecule has 172 valence electrons. The van der Waals surface area contributed by atoms with Crippen molar-refractivity contribution in [2.24, 2.45) is 0 Å². The number of carbonyl (C=O) groups excluding carboxylic acids is 2. The number of likely N-dealkylation sites (tertiary alicyclic amines) is 1. The van der Waals surface area contributed by atoms with Crippen LogP contribution in [0.25, 0.3) is 5.76 Å². The van der Waals surface area contributed by atoms with E-state index in [0.29, 0.717) is 29.2 Å². The summed E-state index contributed by atoms with van der Waals surface area (Å²) in [5.74, 6) is -0.505. The molecule has 3 aromatic rings. The number of Topliss-reactive ketones (excluding diaryl/α,β-unsaturated/α-hetero) is 1. The van der Waals surface area contributed by atoms with Crippen LogP contribution in [0.2, 0.25) is 0 Å². The van der Waals surface area contributed by atoms with Gasteiger partial charge >= 0.3 is 0 Å². The summed E-state index contributed by atoms with van der Waals surface area (Å²) in [5, 5.41) is 11.2. The standard InChI is InChI=1S/C27H24N2O5/c1-3-15-34-22-6-4-5-20(16-22)24-23(25(30)19-7-9-21(33-2)10-8-19)26(31)27(32)29(24)17-18-11-13-28-14-12-18/h3-14,16,24,30H,1,15,17H2,2H3/b25-23+. The number of amides is 1. The van der Waals surface area contributed by atoms with E-state index in [4.69, 9.17) is 9.47 Å². The zero-order chi connectivity index (χ0) is 24.1. The fourth-order valence-electron chi connectivity index (χ4n) is 3.91. The number of hydrogen-bond acceptors (Lipinski definition) is 6. The molecule has 1 aliphatic heterocycles. The molecule has 0 radical (unpaired) electrons. The van der Waals surface area contributed by atoms with E-state index >= 15 is 0 Å². The maximum absolute atomic E-state index is 13.2. The lowest BCUT2D eigenvalue weighted by Crippen LogP contribution is -2.29. The molecule has 7 heteroatoms. The molecule has 1 aromatic heterocycles. The first-order valence-electron chi connectivity index (χ1n) is 10.7. The third kappa shape index (κ3) is 4.54. The summed E-state index contributed by atoms with van der Waals surface area (Å²) in [6.45, 7) is 4.15. The van der Waals surface area contributed by atoms with Crippen LogP contribution >= 0.6 is 0 Å². The van der Waals surface area contributed by atoms with E-state index in [-0.39, 0.29) is 17.9 Å². The number of aliphatic hydroxyl groups is 1. The van der Waals surface area contributed by atoms with Crippen LogP contribution in [0.4, 0.5) is 0 Å². The predicted octanol–water partition coefficient (Wildman–Crippen LogP) is 4.28. The van der Waals surface area contributed by atoms with E-state index in [1.807, 2.05) is 0 Å². The number of aliphatic hydroxyl groups excluding tert-OH is 1. The SMILES string of the molecule is C=CCOc1cccc(C2/C(=C(\O)c3ccc(OC)cc3)C(=O)C(=O)N2Cc2ccncc2)c1. The van der Waals surface area contributed by atoms with Crippen LogP contribution in [-0.2, 0) is 16.1 Å². The molecule has 1 unspecified atom stereocenters. The van der Waals surface area contributed by atoms with Gasteiger partial charge in [0.25, 0.3) is 11.7 Å². The lowest BCUT2D eigenvalue weighted by molar-refractivity contribution is -0.140. The second kappa shape index (κ2) is 10.0. The van der Waals surface area contributed by atoms with Gasteiger partial charge in [-0.05, 0) is 59.7 Å². The Hall–Kier alpha value is -4.39. The molecule has 0 aliphatic carbocycles. The number of carbonyl (C=O) groups is 2. The molecule has 34 heavy (non-hydrogen) atoms. The van der Waals surface area contributed by atoms with Crippen molar-refractivity contribution in [3.05, 3.63) is 108 Å². The highest BCUT2D eigenvalue weighted by atomic mass is 16.5. The second-order valence-corrected chi connectivity index (χ2v) is 7.68. The molecule has 1 amide bonds. The van der Waals surface area contributed by atoms with Crippen LogP contribution in [0, 0.1) is 0 Å². The van der Waals surface area contributed by atoms with Gasteiger partial charge in [0.15, 0.2) is 0 Å². The molecule has 4 rings (SSSR count). The van der Waals surface area contributed by atoms with Crippen molar-refractivity contribution in [3.8, 4) is 11.5 Å². The Kier molecular flexibility index (Phi) is 6.73. The monoisotopic (exact) mass is 456 g/mol. The van der Waals surface area contributed by atoms with Crippen molar-refractivity contribution in [1.29, 1.82) is 0 Å². The molecule has 0 spiro atoms. The number of aromatic nitrogens is 1. The van der Waals surface area contributed by atoms with Gasteiger partial charge in [0.2, 0.25) is 0 Å². The van der Waals surface area contributed by atoms with E-state index in [0.717, 1.165) is 5.56 Å². The smallest absolute Gasteiger partial charge is 0.295 e. The Morgan fingerprint density at radius 2 is 1.82 bits per heavy atom. The largest absolute Gasteiger partial charge is 0.507 e. The van der Waals surface area contributed by atoms with Gasteiger partial charge in [-0.15, -0.1) is 0 Å². The summed E-state index contributed by atoms with van der Waals surface area (Å²) in [6.07, 6.45) is 4.88. The zero-order valence-electron chi connectivity index (χ0n) is 18.7. The van der Waals surface area contributed by atoms with Crippen molar-refractivity contribution in [2.75, 3.05) is 13.7 Å². The van der Waals surface area contributed by atoms with Crippen LogP contribution in [0.1, 0.15) is 22.7 Å². The molecular weight excluding hydrogens is 432 g/mol. The molecule has 1 atom stereocenters. The molecular formula is C27H24N2O5. The van der Waals surface area contributed by atoms with E-state index in [1.165, 1.54) is 4.90 Å². The number of ketones is 1. The minimum Gasteiger partial charge on any atom is -0.507 e. The molecule has 2 aromatic carbocycles. The van der Waals surface area contributed by atoms with E-state index in [9.17, 15) is 14.7 Å². The van der Waals surface area contributed by atoms with Gasteiger partial charge in [0.1, 0.15) is 23.9 Å². The van der Waals surface area contributed by atoms with Crippen LogP contribution < -0.4 is 9.47 Å². The fraction of sp³-hybridized carbons (Fsp3) is 0.148. The number of nitrogens with zero attached hydrogens (tertiary/aromatic N) is 2. The lowest BCUT2D eigenvalue weighted by Gasteiger charge is -2.25. The Morgan fingerprint density at radius 1 is 1.09 bits per heavy atom. The fourth-order valence-corrected chi connectivity index (χ4v) is 3.91. The molecule has 0 bridgehead atoms. The number of hydrogen-bond donors (Lipinski definition) is 1. The molecule has 1 aliphatic rings. The molecule has 7 nitrogen and oxygen atoms in total. The summed E-state index contributed by atoms with van der Waals surface area (Å²) in [6, 6.07) is 16.5. The quantitative estimate of drug-likeness (QED) is 0.236. The van der Waals surface area contributed by atoms with Crippen LogP contribution in [0.5, 0.6) is 11.5 Å². The number of methoxy groups -OCH3 is 1. The summed E-state index contributed by atoms with van der Waals surface area (Å²) in [5.41, 5.74) is 1.88. The molecule has 1 saturated heterocycles. The van der Waals surface area contributed by atoms with E-state index < -0.39 is 17.7 Å². The minimum absolute atomic E-state index is 0.0186. The highest BCUT2D eigenvalue weighted by Crippen LogP contribution is 2.41. The number of benzene rings is 2. The first-order chi connectivity index (χ1) is 16.5. The topological polar surface area (TPSA) is 89.0 Å². The third-order valence-electron chi connectivity index (χ3n) is 5.55. The van der Waals surface area contributed by atoms with Gasteiger partial charge in [0.05, 0.1) is 18.7 Å². The second-order valence-electron chi connectivity index (χ2n) is 7.68. The van der Waals surface area contributed by atoms with Crippen LogP contribution in [-0.4, -0.2) is 40.4 Å². The lowest BCUT2D eigenvalue weighted by atomic mass is 9.95. The van der Waals surface area contributed by atoms with Gasteiger partial charge in [-0.1, -0.05) is 24.8 Å². The Balaban J connectivity index is 1.83. The average molecular weight is 456 g/mol. The Labute approximate surface area is 197 Å². The first-order valence-corrected chi connectivity index (χ1v) is 10.7. The summed E-state index contributed by atoms with van der Waals surface area (Å²) in [4.78, 5) is 31.8. The number of ether oxygens (including phenoxy) is 2. The minimum atomic E-state index is -0.803. The maximum atomic E-state index is 13.2. The summed E-state index contributed by atoms with van der Waals surface area (Å²) in [7, 11) is 1.54. The predicted molar refractivity (Wildman–Crippen MR) is 127 cm³/mol. The third-order valence-corrected chi connectivity index (χ3v) is 5.55. The summed E-state index contributed by atoms with van der Waals surface area (Å²) < 4.78 is 10.8. The summed E-state index contributed by atoms with van der Waals surface area (Å²) >= 11 is 0. The van der Waals surface area contributed by atoms with E-state index in [1.54, 1.807) is 86.2 Å². The highest BCUT2D eigenvalue weighted by Gasteiger charge is 2.46. The van der Waals surface area contributed by atoms with Gasteiger partial charge in [-0.2, -0.15) is 0 Å². The van der Waals surface area contributed by atoms with Crippen molar-refractivity contribution in [2.45, 2.75) is 12.6 Å². The van der Waals surface area contributed by atoms with Gasteiger partial charge in [-0.3, -0.25) is 14.6 Å². The average Bonchev–Trinajstić information content (AvgIpc) is 3.13. The molecule has 1 fully saturated rings. The van der Waals surface area contributed by atoms with Gasteiger partial charge in [0, 0.05) is 24.5 Å². The maximum Gasteiger partial charge on any atom is 0.295 e. The van der Waals surface area contributed by atoms with Crippen molar-refractivity contribution < 1.29 is 24.2 Å². The van der Waals surface area contributed by atoms with Crippen molar-refractivity contribution in [3.63, 3.8) is 0 Å². The van der Waals surface area contributed by atoms with E-state index in [2.05, 4.69) is 11.6 Å². The van der Waals surface area contributed by atoms with Gasteiger partial charge < -0.3 is 19.5 Å². The van der Waals surface area contributed by atoms with Crippen LogP contribution in [0.3, 0.4) is 0 Å². The molecule has 2 heterocycles. The normalized spacial score (nSPS) is 17.0. The van der Waals surface area contributed by atoms with Gasteiger partial charge in [-0.25, -0.2) is 0 Å². The van der Waals surface area contributed by atoms with Crippen molar-refractivity contribution in [1.82, 2.24) is 9.88 Å². The zero-order valence-corrected chi connectivity index (χ0v) is 18.7. The van der Waals surface area contributed by atoms with Crippen LogP contribution in [0.15, 0.2) is 91.3 Å². The Morgan fingerprint density at radius 3 is 2.50 bits per heavy atom. The van der Waals surface area contributed by atoms with Crippen molar-refractivity contribution >= 4 is 17.4 Å². The Bertz CT molecular complexity index is 1240.